The zero-order chi connectivity index (χ0) is 18.0. The third kappa shape index (κ3) is 3.78. The van der Waals surface area contributed by atoms with E-state index in [-0.39, 0.29) is 5.69 Å². The molecule has 2 aromatic carbocycles. The summed E-state index contributed by atoms with van der Waals surface area (Å²) in [4.78, 5) is 14.9. The second kappa shape index (κ2) is 6.91. The maximum atomic E-state index is 10.9. The molecule has 0 saturated carbocycles. The van der Waals surface area contributed by atoms with Gasteiger partial charge >= 0.3 is 0 Å². The van der Waals surface area contributed by atoms with E-state index in [1.54, 1.807) is 18.3 Å². The second-order valence-electron chi connectivity index (χ2n) is 5.67. The highest BCUT2D eigenvalue weighted by atomic mass is 35.5. The van der Waals surface area contributed by atoms with Crippen LogP contribution in [0.25, 0.3) is 11.3 Å². The number of nitrogens with zero attached hydrogens (tertiary/aromatic N) is 2. The van der Waals surface area contributed by atoms with Gasteiger partial charge in [-0.15, -0.1) is 0 Å². The van der Waals surface area contributed by atoms with Crippen molar-refractivity contribution in [1.29, 1.82) is 0 Å². The van der Waals surface area contributed by atoms with Crippen LogP contribution in [0.1, 0.15) is 16.9 Å². The number of aliphatic imine (C=N–C) groups is 1. The highest BCUT2D eigenvalue weighted by Gasteiger charge is 2.14. The summed E-state index contributed by atoms with van der Waals surface area (Å²) in [7, 11) is 0. The topological polar surface area (TPSA) is 68.6 Å². The van der Waals surface area contributed by atoms with Gasteiger partial charge in [-0.2, -0.15) is 0 Å². The summed E-state index contributed by atoms with van der Waals surface area (Å²) in [5, 5.41) is 11.3. The van der Waals surface area contributed by atoms with Crippen molar-refractivity contribution >= 4 is 29.2 Å². The molecule has 0 unspecified atom stereocenters. The third-order valence-electron chi connectivity index (χ3n) is 3.75. The van der Waals surface area contributed by atoms with Crippen LogP contribution < -0.4 is 0 Å². The lowest BCUT2D eigenvalue weighted by Crippen LogP contribution is -1.88. The number of non-ortho nitro benzene ring substituents is 1. The van der Waals surface area contributed by atoms with Gasteiger partial charge in [-0.25, -0.2) is 0 Å². The highest BCUT2D eigenvalue weighted by molar-refractivity contribution is 6.33. The molecule has 3 aromatic rings. The van der Waals surface area contributed by atoms with E-state index >= 15 is 0 Å². The van der Waals surface area contributed by atoms with Crippen LogP contribution >= 0.6 is 11.6 Å². The van der Waals surface area contributed by atoms with Crippen LogP contribution in [0.5, 0.6) is 0 Å². The van der Waals surface area contributed by atoms with Gasteiger partial charge in [0.15, 0.2) is 0 Å². The molecule has 0 N–H and O–H groups in total. The van der Waals surface area contributed by atoms with Gasteiger partial charge < -0.3 is 4.42 Å². The Morgan fingerprint density at radius 1 is 1.12 bits per heavy atom. The zero-order valence-electron chi connectivity index (χ0n) is 13.7. The van der Waals surface area contributed by atoms with E-state index in [4.69, 9.17) is 16.0 Å². The number of nitro groups is 1. The van der Waals surface area contributed by atoms with Gasteiger partial charge in [-0.3, -0.25) is 15.1 Å². The number of hydrogen-bond acceptors (Lipinski definition) is 4. The molecule has 5 nitrogen and oxygen atoms in total. The quantitative estimate of drug-likeness (QED) is 0.334. The number of aryl methyl sites for hydroxylation is 2. The van der Waals surface area contributed by atoms with E-state index < -0.39 is 4.92 Å². The molecular formula is C19H15ClN2O3. The Morgan fingerprint density at radius 3 is 2.68 bits per heavy atom. The lowest BCUT2D eigenvalue weighted by molar-refractivity contribution is -0.384. The van der Waals surface area contributed by atoms with Crippen LogP contribution in [0.3, 0.4) is 0 Å². The molecule has 25 heavy (non-hydrogen) atoms. The Balaban J connectivity index is 1.90. The largest absolute Gasteiger partial charge is 0.455 e. The van der Waals surface area contributed by atoms with Crippen LogP contribution in [0.4, 0.5) is 11.4 Å². The summed E-state index contributed by atoms with van der Waals surface area (Å²) < 4.78 is 5.72. The van der Waals surface area contributed by atoms with Crippen LogP contribution in [0.15, 0.2) is 57.9 Å². The van der Waals surface area contributed by atoms with E-state index in [1.807, 2.05) is 32.0 Å². The number of furan rings is 1. The maximum Gasteiger partial charge on any atom is 0.270 e. The summed E-state index contributed by atoms with van der Waals surface area (Å²) in [5.41, 5.74) is 3.49. The molecule has 0 atom stereocenters. The van der Waals surface area contributed by atoms with Gasteiger partial charge in [0.25, 0.3) is 5.69 Å². The SMILES string of the molecule is Cc1ccc(C)c(N=Cc2ccc(-c3cc([N+](=O)[O-])ccc3Cl)o2)c1. The van der Waals surface area contributed by atoms with Crippen molar-refractivity contribution in [2.24, 2.45) is 4.99 Å². The van der Waals surface area contributed by atoms with Crippen molar-refractivity contribution in [3.63, 3.8) is 0 Å². The Bertz CT molecular complexity index is 977. The predicted molar refractivity (Wildman–Crippen MR) is 99.0 cm³/mol. The summed E-state index contributed by atoms with van der Waals surface area (Å²) in [5.74, 6) is 0.995. The minimum Gasteiger partial charge on any atom is -0.455 e. The lowest BCUT2D eigenvalue weighted by Gasteiger charge is -2.01. The van der Waals surface area contributed by atoms with E-state index in [0.29, 0.717) is 22.1 Å². The molecule has 0 bridgehead atoms. The van der Waals surface area contributed by atoms with E-state index in [0.717, 1.165) is 16.8 Å². The monoisotopic (exact) mass is 354 g/mol. The van der Waals surface area contributed by atoms with E-state index in [1.165, 1.54) is 18.2 Å². The van der Waals surface area contributed by atoms with Gasteiger partial charge in [0, 0.05) is 17.7 Å². The van der Waals surface area contributed by atoms with E-state index in [9.17, 15) is 10.1 Å². The predicted octanol–water partition coefficient (Wildman–Crippen LogP) is 5.88. The Labute approximate surface area is 149 Å². The Hall–Kier alpha value is -2.92. The van der Waals surface area contributed by atoms with Crippen molar-refractivity contribution in [3.8, 4) is 11.3 Å². The first-order valence-corrected chi connectivity index (χ1v) is 7.97. The zero-order valence-corrected chi connectivity index (χ0v) is 14.4. The molecule has 1 aromatic heterocycles. The number of nitro benzene ring substituents is 1. The number of benzene rings is 2. The van der Waals surface area contributed by atoms with Gasteiger partial charge in [0.05, 0.1) is 21.8 Å². The highest BCUT2D eigenvalue weighted by Crippen LogP contribution is 2.32. The van der Waals surface area contributed by atoms with Crippen molar-refractivity contribution in [3.05, 3.63) is 80.6 Å². The fourth-order valence-corrected chi connectivity index (χ4v) is 2.58. The molecule has 6 heteroatoms. The molecule has 1 heterocycles. The summed E-state index contributed by atoms with van der Waals surface area (Å²) in [6.45, 7) is 4.00. The van der Waals surface area contributed by atoms with Crippen LogP contribution in [-0.4, -0.2) is 11.1 Å². The molecule has 0 aliphatic heterocycles. The third-order valence-corrected chi connectivity index (χ3v) is 4.08. The molecule has 126 valence electrons. The molecule has 0 aliphatic carbocycles. The van der Waals surface area contributed by atoms with Gasteiger partial charge in [0.2, 0.25) is 0 Å². The average molecular weight is 355 g/mol. The molecule has 0 aliphatic rings. The molecule has 0 saturated heterocycles. The fourth-order valence-electron chi connectivity index (χ4n) is 2.37. The lowest BCUT2D eigenvalue weighted by atomic mass is 10.1. The average Bonchev–Trinajstić information content (AvgIpc) is 3.04. The molecule has 0 spiro atoms. The van der Waals surface area contributed by atoms with Gasteiger partial charge in [-0.1, -0.05) is 23.7 Å². The molecule has 3 rings (SSSR count). The van der Waals surface area contributed by atoms with Crippen molar-refractivity contribution in [2.75, 3.05) is 0 Å². The molecule has 0 radical (unpaired) electrons. The molecular weight excluding hydrogens is 340 g/mol. The van der Waals surface area contributed by atoms with Crippen LogP contribution in [-0.2, 0) is 0 Å². The van der Waals surface area contributed by atoms with Gasteiger partial charge in [0.1, 0.15) is 11.5 Å². The molecule has 0 fully saturated rings. The fraction of sp³-hybridized carbons (Fsp3) is 0.105. The first kappa shape index (κ1) is 16.9. The first-order chi connectivity index (χ1) is 11.9. The van der Waals surface area contributed by atoms with Crippen molar-refractivity contribution < 1.29 is 9.34 Å². The summed E-state index contributed by atoms with van der Waals surface area (Å²) in [6, 6.07) is 13.7. The van der Waals surface area contributed by atoms with Gasteiger partial charge in [-0.05, 0) is 49.2 Å². The second-order valence-corrected chi connectivity index (χ2v) is 6.08. The summed E-state index contributed by atoms with van der Waals surface area (Å²) in [6.07, 6.45) is 1.62. The summed E-state index contributed by atoms with van der Waals surface area (Å²) >= 11 is 6.14. The van der Waals surface area contributed by atoms with Crippen molar-refractivity contribution in [1.82, 2.24) is 0 Å². The van der Waals surface area contributed by atoms with Crippen LogP contribution in [0.2, 0.25) is 5.02 Å². The van der Waals surface area contributed by atoms with Crippen molar-refractivity contribution in [2.45, 2.75) is 13.8 Å². The first-order valence-electron chi connectivity index (χ1n) is 7.59. The number of halogens is 1. The van der Waals surface area contributed by atoms with Crippen LogP contribution in [0, 0.1) is 24.0 Å². The number of hydrogen-bond donors (Lipinski definition) is 0. The number of rotatable bonds is 4. The standard InChI is InChI=1S/C19H15ClN2O3/c1-12-3-4-13(2)18(9-12)21-11-15-6-8-19(25-15)16-10-14(22(23)24)5-7-17(16)20/h3-11H,1-2H3. The Kier molecular flexibility index (Phi) is 4.67. The van der Waals surface area contributed by atoms with E-state index in [2.05, 4.69) is 4.99 Å². The minimum atomic E-state index is -0.467. The normalized spacial score (nSPS) is 11.2. The Morgan fingerprint density at radius 2 is 1.92 bits per heavy atom. The minimum absolute atomic E-state index is 0.0404. The smallest absolute Gasteiger partial charge is 0.270 e. The molecule has 0 amide bonds. The maximum absolute atomic E-state index is 10.9.